The number of aromatic nitrogens is 2. The third-order valence-electron chi connectivity index (χ3n) is 7.41. The second-order valence-electron chi connectivity index (χ2n) is 12.4. The number of carbonyl (C=O) groups is 1. The van der Waals surface area contributed by atoms with Crippen LogP contribution in [0.4, 0.5) is 11.5 Å². The number of benzene rings is 1. The third kappa shape index (κ3) is 6.39. The summed E-state index contributed by atoms with van der Waals surface area (Å²) < 4.78 is 7.45. The predicted octanol–water partition coefficient (Wildman–Crippen LogP) is 7.15. The number of nitriles is 1. The lowest BCUT2D eigenvalue weighted by Gasteiger charge is -2.29. The molecule has 1 aromatic heterocycles. The number of carbonyl (C=O) groups excluding carboxylic acids is 1. The fraction of sp³-hybridized carbons (Fsp3) is 0.517. The van der Waals surface area contributed by atoms with E-state index in [4.69, 9.17) is 11.3 Å². The van der Waals surface area contributed by atoms with Crippen LogP contribution in [0.3, 0.4) is 0 Å². The SMILES string of the molecule is [C-]#[N+]c1cn(COCC[Si](C)(C)C)c(C(=O)Nc2ccc(C3(C#N)CC3)cc2C2=CCC(C)(C)CC2)n1. The molecule has 0 bridgehead atoms. The molecule has 2 aliphatic rings. The van der Waals surface area contributed by atoms with Gasteiger partial charge in [0, 0.05) is 32.1 Å². The number of hydrogen-bond acceptors (Lipinski definition) is 4. The second kappa shape index (κ2) is 10.3. The lowest BCUT2D eigenvalue weighted by Crippen LogP contribution is -2.23. The van der Waals surface area contributed by atoms with Crippen molar-refractivity contribution in [3.63, 3.8) is 0 Å². The first kappa shape index (κ1) is 26.8. The van der Waals surface area contributed by atoms with E-state index in [1.807, 2.05) is 12.1 Å². The van der Waals surface area contributed by atoms with Gasteiger partial charge in [-0.25, -0.2) is 0 Å². The van der Waals surface area contributed by atoms with E-state index in [0.717, 1.165) is 49.3 Å². The van der Waals surface area contributed by atoms with Gasteiger partial charge in [0.25, 0.3) is 11.6 Å². The summed E-state index contributed by atoms with van der Waals surface area (Å²) in [5, 5.41) is 12.8. The largest absolute Gasteiger partial charge is 0.361 e. The average molecular weight is 516 g/mol. The van der Waals surface area contributed by atoms with Gasteiger partial charge >= 0.3 is 5.91 Å². The van der Waals surface area contributed by atoms with Gasteiger partial charge in [-0.15, -0.1) is 0 Å². The predicted molar refractivity (Wildman–Crippen MR) is 149 cm³/mol. The number of imidazole rings is 1. The van der Waals surface area contributed by atoms with Crippen molar-refractivity contribution in [1.82, 2.24) is 9.55 Å². The maximum Gasteiger partial charge on any atom is 0.316 e. The monoisotopic (exact) mass is 515 g/mol. The molecule has 7 nitrogen and oxygen atoms in total. The van der Waals surface area contributed by atoms with E-state index in [-0.39, 0.29) is 29.7 Å². The topological polar surface area (TPSA) is 84.3 Å². The van der Waals surface area contributed by atoms with E-state index in [2.05, 4.69) is 66.8 Å². The molecule has 0 unspecified atom stereocenters. The van der Waals surface area contributed by atoms with Gasteiger partial charge in [-0.05, 0) is 66.8 Å². The smallest absolute Gasteiger partial charge is 0.316 e. The molecule has 8 heteroatoms. The maximum atomic E-state index is 13.4. The Bertz CT molecular complexity index is 1300. The highest BCUT2D eigenvalue weighted by Gasteiger charge is 2.45. The van der Waals surface area contributed by atoms with E-state index in [9.17, 15) is 10.1 Å². The summed E-state index contributed by atoms with van der Waals surface area (Å²) in [7, 11) is -1.24. The minimum atomic E-state index is -1.24. The molecule has 1 saturated carbocycles. The van der Waals surface area contributed by atoms with Crippen molar-refractivity contribution in [1.29, 1.82) is 5.26 Å². The van der Waals surface area contributed by atoms with Gasteiger partial charge in [0.2, 0.25) is 0 Å². The first-order chi connectivity index (χ1) is 17.5. The molecule has 194 valence electrons. The fourth-order valence-corrected chi connectivity index (χ4v) is 5.34. The normalized spacial score (nSPS) is 17.9. The molecular weight excluding hydrogens is 478 g/mol. The van der Waals surface area contributed by atoms with Gasteiger partial charge in [0.15, 0.2) is 0 Å². The van der Waals surface area contributed by atoms with Crippen molar-refractivity contribution in [3.8, 4) is 6.07 Å². The summed E-state index contributed by atoms with van der Waals surface area (Å²) in [6.07, 6.45) is 8.53. The van der Waals surface area contributed by atoms with Gasteiger partial charge in [0.1, 0.15) is 6.73 Å². The van der Waals surface area contributed by atoms with E-state index in [0.29, 0.717) is 12.3 Å². The molecule has 4 rings (SSSR count). The molecule has 2 aromatic rings. The Labute approximate surface area is 221 Å². The van der Waals surface area contributed by atoms with Crippen LogP contribution >= 0.6 is 0 Å². The van der Waals surface area contributed by atoms with E-state index in [1.165, 1.54) is 5.57 Å². The third-order valence-corrected chi connectivity index (χ3v) is 9.11. The Balaban J connectivity index is 1.60. The molecule has 37 heavy (non-hydrogen) atoms. The van der Waals surface area contributed by atoms with Crippen molar-refractivity contribution in [2.24, 2.45) is 5.41 Å². The molecule has 0 aliphatic heterocycles. The van der Waals surface area contributed by atoms with Crippen molar-refractivity contribution in [2.45, 2.75) is 83.8 Å². The highest BCUT2D eigenvalue weighted by Crippen LogP contribution is 2.49. The zero-order chi connectivity index (χ0) is 26.8. The molecule has 0 spiro atoms. The van der Waals surface area contributed by atoms with Crippen LogP contribution in [0, 0.1) is 23.3 Å². The van der Waals surface area contributed by atoms with Crippen LogP contribution in [0.15, 0.2) is 30.5 Å². The Morgan fingerprint density at radius 3 is 2.65 bits per heavy atom. The zero-order valence-electron chi connectivity index (χ0n) is 22.6. The van der Waals surface area contributed by atoms with Crippen LogP contribution in [0.2, 0.25) is 25.7 Å². The zero-order valence-corrected chi connectivity index (χ0v) is 23.6. The number of nitrogens with zero attached hydrogens (tertiary/aromatic N) is 4. The molecule has 1 N–H and O–H groups in total. The van der Waals surface area contributed by atoms with Crippen molar-refractivity contribution >= 4 is 31.1 Å². The standard InChI is InChI=1S/C29H37N5O2Si/c1-28(2)11-9-21(10-12-28)23-17-22(29(19-30)13-14-29)7-8-24(23)32-27(35)26-33-25(31-3)18-34(26)20-36-15-16-37(4,5)6/h7-9,17-18H,10-16,20H2,1-2,4-6H3,(H,32,35). The lowest BCUT2D eigenvalue weighted by atomic mass is 9.76. The second-order valence-corrected chi connectivity index (χ2v) is 18.0. The number of anilines is 1. The number of amides is 1. The number of allylic oxidation sites excluding steroid dienone is 2. The summed E-state index contributed by atoms with van der Waals surface area (Å²) in [6.45, 7) is 19.6. The molecule has 1 fully saturated rings. The molecule has 1 amide bonds. The first-order valence-corrected chi connectivity index (χ1v) is 16.7. The highest BCUT2D eigenvalue weighted by atomic mass is 28.3. The fourth-order valence-electron chi connectivity index (χ4n) is 4.58. The van der Waals surface area contributed by atoms with Crippen molar-refractivity contribution in [3.05, 3.63) is 58.8 Å². The lowest BCUT2D eigenvalue weighted by molar-refractivity contribution is 0.0809. The summed E-state index contributed by atoms with van der Waals surface area (Å²) >= 11 is 0. The Hall–Kier alpha value is -3.20. The van der Waals surface area contributed by atoms with Crippen LogP contribution in [-0.2, 0) is 16.9 Å². The van der Waals surface area contributed by atoms with Crippen molar-refractivity contribution in [2.75, 3.05) is 11.9 Å². The molecule has 0 atom stereocenters. The molecule has 0 radical (unpaired) electrons. The van der Waals surface area contributed by atoms with Gasteiger partial charge in [0.05, 0.1) is 11.5 Å². The van der Waals surface area contributed by atoms with Crippen LogP contribution in [0.25, 0.3) is 10.4 Å². The number of nitrogens with one attached hydrogen (secondary N) is 1. The summed E-state index contributed by atoms with van der Waals surface area (Å²) in [4.78, 5) is 21.1. The van der Waals surface area contributed by atoms with Crippen LogP contribution in [0.1, 0.15) is 67.7 Å². The minimum absolute atomic E-state index is 0.156. The first-order valence-electron chi connectivity index (χ1n) is 13.0. The Kier molecular flexibility index (Phi) is 7.46. The Morgan fingerprint density at radius 2 is 2.05 bits per heavy atom. The quantitative estimate of drug-likeness (QED) is 0.218. The Morgan fingerprint density at radius 1 is 1.30 bits per heavy atom. The van der Waals surface area contributed by atoms with E-state index < -0.39 is 13.5 Å². The van der Waals surface area contributed by atoms with Gasteiger partial charge in [-0.2, -0.15) is 5.26 Å². The number of hydrogen-bond donors (Lipinski definition) is 1. The summed E-state index contributed by atoms with van der Waals surface area (Å²) in [6, 6.07) is 9.47. The van der Waals surface area contributed by atoms with Crippen LogP contribution in [-0.4, -0.2) is 30.1 Å². The molecule has 0 saturated heterocycles. The average Bonchev–Trinajstić information content (AvgIpc) is 3.54. The molecular formula is C29H37N5O2Si. The van der Waals surface area contributed by atoms with E-state index in [1.54, 1.807) is 10.8 Å². The molecule has 1 heterocycles. The van der Waals surface area contributed by atoms with Crippen LogP contribution < -0.4 is 5.32 Å². The van der Waals surface area contributed by atoms with Crippen LogP contribution in [0.5, 0.6) is 0 Å². The number of ether oxygens (including phenoxy) is 1. The summed E-state index contributed by atoms with van der Waals surface area (Å²) in [5.74, 6) is -0.0595. The summed E-state index contributed by atoms with van der Waals surface area (Å²) in [5.41, 5.74) is 3.74. The minimum Gasteiger partial charge on any atom is -0.361 e. The molecule has 1 aromatic carbocycles. The van der Waals surface area contributed by atoms with Gasteiger partial charge in [-0.3, -0.25) is 9.36 Å². The van der Waals surface area contributed by atoms with E-state index >= 15 is 0 Å². The van der Waals surface area contributed by atoms with Gasteiger partial charge in [-0.1, -0.05) is 57.2 Å². The van der Waals surface area contributed by atoms with Gasteiger partial charge < -0.3 is 14.9 Å². The maximum absolute atomic E-state index is 13.4. The van der Waals surface area contributed by atoms with Crippen molar-refractivity contribution < 1.29 is 9.53 Å². The highest BCUT2D eigenvalue weighted by molar-refractivity contribution is 6.76. The number of rotatable bonds is 9. The molecule has 2 aliphatic carbocycles.